The number of ether oxygens (including phenoxy) is 1. The minimum Gasteiger partial charge on any atom is -0.477 e. The van der Waals surface area contributed by atoms with Crippen LogP contribution in [-0.4, -0.2) is 27.5 Å². The molecule has 4 rings (SSSR count). The van der Waals surface area contributed by atoms with Crippen LogP contribution in [0.4, 0.5) is 0 Å². The molecule has 1 saturated carbocycles. The highest BCUT2D eigenvalue weighted by molar-refractivity contribution is 5.95. The van der Waals surface area contributed by atoms with E-state index in [2.05, 4.69) is 15.0 Å². The van der Waals surface area contributed by atoms with Crippen LogP contribution in [0, 0.1) is 5.92 Å². The summed E-state index contributed by atoms with van der Waals surface area (Å²) < 4.78 is 5.67. The number of primary amides is 1. The lowest BCUT2D eigenvalue weighted by Crippen LogP contribution is -2.04. The number of aromatic amines is 1. The van der Waals surface area contributed by atoms with Crippen LogP contribution < -0.4 is 10.5 Å². The molecule has 1 aliphatic rings. The van der Waals surface area contributed by atoms with E-state index in [1.165, 1.54) is 18.9 Å². The number of amides is 1. The molecule has 6 heteroatoms. The normalized spacial score (nSPS) is 14.2. The molecule has 0 aromatic carbocycles. The van der Waals surface area contributed by atoms with Gasteiger partial charge in [0.2, 0.25) is 11.8 Å². The number of carbonyl (C=O) groups excluding carboxylic acids is 1. The Labute approximate surface area is 144 Å². The van der Waals surface area contributed by atoms with E-state index in [0.29, 0.717) is 11.8 Å². The molecular weight excluding hydrogens is 316 g/mol. The summed E-state index contributed by atoms with van der Waals surface area (Å²) in [5, 5.41) is 0.920. The largest absolute Gasteiger partial charge is 0.477 e. The Balaban J connectivity index is 1.59. The summed E-state index contributed by atoms with van der Waals surface area (Å²) >= 11 is 0. The maximum absolute atomic E-state index is 10.9. The first-order valence-corrected chi connectivity index (χ1v) is 8.23. The maximum atomic E-state index is 10.9. The topological polar surface area (TPSA) is 93.9 Å². The average Bonchev–Trinajstić information content (AvgIpc) is 3.37. The summed E-state index contributed by atoms with van der Waals surface area (Å²) in [6.07, 6.45) is 10.9. The fourth-order valence-electron chi connectivity index (χ4n) is 2.62. The Morgan fingerprint density at radius 2 is 2.12 bits per heavy atom. The van der Waals surface area contributed by atoms with Crippen molar-refractivity contribution in [1.82, 2.24) is 15.0 Å². The van der Waals surface area contributed by atoms with Crippen LogP contribution in [0.25, 0.3) is 28.2 Å². The molecule has 3 N–H and O–H groups in total. The van der Waals surface area contributed by atoms with Gasteiger partial charge >= 0.3 is 0 Å². The second-order valence-corrected chi connectivity index (χ2v) is 6.24. The summed E-state index contributed by atoms with van der Waals surface area (Å²) in [4.78, 5) is 22.8. The molecule has 6 nitrogen and oxygen atoms in total. The van der Waals surface area contributed by atoms with Gasteiger partial charge in [-0.15, -0.1) is 0 Å². The SMILES string of the molecule is NC(=O)C=Cc1c[nH]c2ncc(-c3ccc(OCC4CC4)nc3)cc12. The van der Waals surface area contributed by atoms with Gasteiger partial charge in [-0.1, -0.05) is 0 Å². The molecular formula is C19H18N4O2. The van der Waals surface area contributed by atoms with Gasteiger partial charge in [-0.25, -0.2) is 9.97 Å². The molecule has 0 unspecified atom stereocenters. The maximum Gasteiger partial charge on any atom is 0.241 e. The molecule has 3 heterocycles. The summed E-state index contributed by atoms with van der Waals surface area (Å²) in [5.41, 5.74) is 8.68. The van der Waals surface area contributed by atoms with E-state index in [0.717, 1.165) is 34.3 Å². The van der Waals surface area contributed by atoms with Crippen LogP contribution in [0.15, 0.2) is 42.9 Å². The van der Waals surface area contributed by atoms with Crippen LogP contribution in [0.5, 0.6) is 5.88 Å². The molecule has 126 valence electrons. The lowest BCUT2D eigenvalue weighted by molar-refractivity contribution is -0.113. The zero-order valence-corrected chi connectivity index (χ0v) is 13.6. The Hall–Kier alpha value is -3.15. The zero-order valence-electron chi connectivity index (χ0n) is 13.6. The standard InChI is InChI=1S/C19H18N4O2/c20-17(24)5-3-14-9-22-19-16(14)7-15(10-23-19)13-4-6-18(21-8-13)25-11-12-1-2-12/h3-10,12H,1-2,11H2,(H2,20,24)(H,22,23). The van der Waals surface area contributed by atoms with Gasteiger partial charge in [-0.05, 0) is 37.0 Å². The lowest BCUT2D eigenvalue weighted by Gasteiger charge is -2.06. The second kappa shape index (κ2) is 6.39. The minimum atomic E-state index is -0.482. The van der Waals surface area contributed by atoms with Crippen LogP contribution in [0.2, 0.25) is 0 Å². The number of rotatable bonds is 6. The van der Waals surface area contributed by atoms with Gasteiger partial charge in [-0.3, -0.25) is 4.79 Å². The molecule has 1 amide bonds. The number of H-pyrrole nitrogens is 1. The van der Waals surface area contributed by atoms with Gasteiger partial charge < -0.3 is 15.5 Å². The molecule has 0 aliphatic heterocycles. The molecule has 1 aliphatic carbocycles. The quantitative estimate of drug-likeness (QED) is 0.678. The van der Waals surface area contributed by atoms with Crippen LogP contribution >= 0.6 is 0 Å². The predicted octanol–water partition coefficient (Wildman–Crippen LogP) is 2.91. The number of fused-ring (bicyclic) bond motifs is 1. The van der Waals surface area contributed by atoms with Gasteiger partial charge in [0.1, 0.15) is 5.65 Å². The molecule has 0 spiro atoms. The molecule has 25 heavy (non-hydrogen) atoms. The van der Waals surface area contributed by atoms with E-state index >= 15 is 0 Å². The van der Waals surface area contributed by atoms with Crippen molar-refractivity contribution in [2.24, 2.45) is 11.7 Å². The van der Waals surface area contributed by atoms with Gasteiger partial charge in [0, 0.05) is 52.8 Å². The number of pyridine rings is 2. The van der Waals surface area contributed by atoms with Gasteiger partial charge in [0.25, 0.3) is 0 Å². The van der Waals surface area contributed by atoms with Crippen LogP contribution in [-0.2, 0) is 4.79 Å². The first-order valence-electron chi connectivity index (χ1n) is 8.23. The predicted molar refractivity (Wildman–Crippen MR) is 95.8 cm³/mol. The van der Waals surface area contributed by atoms with E-state index in [9.17, 15) is 4.79 Å². The summed E-state index contributed by atoms with van der Waals surface area (Å²) in [6, 6.07) is 5.87. The third-order valence-corrected chi connectivity index (χ3v) is 4.22. The van der Waals surface area contributed by atoms with Gasteiger partial charge in [-0.2, -0.15) is 0 Å². The summed E-state index contributed by atoms with van der Waals surface area (Å²) in [6.45, 7) is 0.749. The molecule has 0 bridgehead atoms. The number of carbonyl (C=O) groups is 1. The van der Waals surface area contributed by atoms with Gasteiger partial charge in [0.15, 0.2) is 0 Å². The van der Waals surface area contributed by atoms with Crippen molar-refractivity contribution < 1.29 is 9.53 Å². The zero-order chi connectivity index (χ0) is 17.2. The molecule has 1 fully saturated rings. The minimum absolute atomic E-state index is 0.482. The fourth-order valence-corrected chi connectivity index (χ4v) is 2.62. The van der Waals surface area contributed by atoms with Crippen molar-refractivity contribution in [2.45, 2.75) is 12.8 Å². The van der Waals surface area contributed by atoms with Crippen molar-refractivity contribution in [3.05, 3.63) is 48.4 Å². The number of hydrogen-bond donors (Lipinski definition) is 2. The number of hydrogen-bond acceptors (Lipinski definition) is 4. The highest BCUT2D eigenvalue weighted by Crippen LogP contribution is 2.30. The molecule has 3 aromatic heterocycles. The Morgan fingerprint density at radius 1 is 1.28 bits per heavy atom. The first-order chi connectivity index (χ1) is 12.2. The summed E-state index contributed by atoms with van der Waals surface area (Å²) in [5.74, 6) is 0.870. The number of aromatic nitrogens is 3. The highest BCUT2D eigenvalue weighted by Gasteiger charge is 2.22. The van der Waals surface area contributed by atoms with Crippen molar-refractivity contribution in [2.75, 3.05) is 6.61 Å². The Bertz CT molecular complexity index is 940. The lowest BCUT2D eigenvalue weighted by atomic mass is 10.1. The molecule has 0 radical (unpaired) electrons. The number of nitrogens with two attached hydrogens (primary N) is 1. The van der Waals surface area contributed by atoms with Crippen LogP contribution in [0.3, 0.4) is 0 Å². The average molecular weight is 334 g/mol. The monoisotopic (exact) mass is 334 g/mol. The number of nitrogens with zero attached hydrogens (tertiary/aromatic N) is 2. The van der Waals surface area contributed by atoms with Crippen molar-refractivity contribution in [3.63, 3.8) is 0 Å². The highest BCUT2D eigenvalue weighted by atomic mass is 16.5. The molecule has 0 atom stereocenters. The van der Waals surface area contributed by atoms with Crippen molar-refractivity contribution in [1.29, 1.82) is 0 Å². The van der Waals surface area contributed by atoms with E-state index in [1.54, 1.807) is 24.7 Å². The van der Waals surface area contributed by atoms with E-state index in [1.807, 2.05) is 18.2 Å². The van der Waals surface area contributed by atoms with Crippen molar-refractivity contribution in [3.8, 4) is 17.0 Å². The van der Waals surface area contributed by atoms with E-state index in [4.69, 9.17) is 10.5 Å². The van der Waals surface area contributed by atoms with Gasteiger partial charge in [0.05, 0.1) is 6.61 Å². The summed E-state index contributed by atoms with van der Waals surface area (Å²) in [7, 11) is 0. The number of nitrogens with one attached hydrogen (secondary N) is 1. The second-order valence-electron chi connectivity index (χ2n) is 6.24. The van der Waals surface area contributed by atoms with E-state index in [-0.39, 0.29) is 0 Å². The Morgan fingerprint density at radius 3 is 2.84 bits per heavy atom. The first kappa shape index (κ1) is 15.4. The third-order valence-electron chi connectivity index (χ3n) is 4.22. The van der Waals surface area contributed by atoms with Crippen molar-refractivity contribution >= 4 is 23.0 Å². The van der Waals surface area contributed by atoms with E-state index < -0.39 is 5.91 Å². The van der Waals surface area contributed by atoms with Crippen LogP contribution in [0.1, 0.15) is 18.4 Å². The third kappa shape index (κ3) is 3.52. The molecule has 3 aromatic rings. The molecule has 0 saturated heterocycles. The Kier molecular flexibility index (Phi) is 3.93. The fraction of sp³-hybridized carbons (Fsp3) is 0.211. The smallest absolute Gasteiger partial charge is 0.241 e.